The summed E-state index contributed by atoms with van der Waals surface area (Å²) in [6.45, 7) is 6.96. The van der Waals surface area contributed by atoms with Gasteiger partial charge in [-0.3, -0.25) is 0 Å². The Morgan fingerprint density at radius 3 is 2.59 bits per heavy atom. The van der Waals surface area contributed by atoms with Crippen LogP contribution in [0.1, 0.15) is 26.3 Å². The Hall–Kier alpha value is -0.870. The van der Waals surface area contributed by atoms with Crippen LogP contribution in [0.4, 0.5) is 0 Å². The normalized spacial score (nSPS) is 11.1. The van der Waals surface area contributed by atoms with Gasteiger partial charge >= 0.3 is 0 Å². The van der Waals surface area contributed by atoms with Gasteiger partial charge in [-0.25, -0.2) is 4.98 Å². The quantitative estimate of drug-likeness (QED) is 0.661. The monoisotopic (exact) mass is 271 g/mol. The molecule has 1 heterocycles. The number of halogens is 1. The van der Waals surface area contributed by atoms with Gasteiger partial charge in [-0.2, -0.15) is 0 Å². The van der Waals surface area contributed by atoms with Gasteiger partial charge in [0.05, 0.1) is 0 Å². The summed E-state index contributed by atoms with van der Waals surface area (Å²) in [6.07, 6.45) is 1.76. The Balaban J connectivity index is 2.57. The highest BCUT2D eigenvalue weighted by Crippen LogP contribution is 2.08. The molecule has 0 radical (unpaired) electrons. The van der Waals surface area contributed by atoms with Crippen molar-refractivity contribution in [2.24, 2.45) is 0 Å². The van der Waals surface area contributed by atoms with E-state index in [0.717, 1.165) is 10.7 Å². The molecule has 0 aliphatic heterocycles. The first-order chi connectivity index (χ1) is 7.78. The van der Waals surface area contributed by atoms with Gasteiger partial charge in [-0.15, -0.1) is 0 Å². The third-order valence-electron chi connectivity index (χ3n) is 2.04. The van der Waals surface area contributed by atoms with E-state index in [9.17, 15) is 0 Å². The van der Waals surface area contributed by atoms with Crippen LogP contribution in [0.5, 0.6) is 0 Å². The van der Waals surface area contributed by atoms with Crippen molar-refractivity contribution in [1.29, 1.82) is 0 Å². The minimum atomic E-state index is -0.0242. The molecule has 0 atom stereocenters. The third kappa shape index (κ3) is 5.33. The summed E-state index contributed by atoms with van der Waals surface area (Å²) in [4.78, 5) is 6.02. The first kappa shape index (κ1) is 14.2. The van der Waals surface area contributed by atoms with Crippen LogP contribution in [-0.4, -0.2) is 27.6 Å². The van der Waals surface area contributed by atoms with Crippen molar-refractivity contribution >= 4 is 28.9 Å². The lowest BCUT2D eigenvalue weighted by molar-refractivity contribution is 0.436. The van der Waals surface area contributed by atoms with Crippen LogP contribution in [0, 0.1) is 0 Å². The van der Waals surface area contributed by atoms with Crippen LogP contribution in [0.3, 0.4) is 0 Å². The lowest BCUT2D eigenvalue weighted by atomic mass is 10.1. The van der Waals surface area contributed by atoms with Gasteiger partial charge in [0.2, 0.25) is 0 Å². The molecule has 0 fully saturated rings. The van der Waals surface area contributed by atoms with E-state index in [1.807, 2.05) is 18.0 Å². The average Bonchev–Trinajstić information content (AvgIpc) is 2.19. The molecule has 1 aromatic heterocycles. The number of rotatable bonds is 2. The van der Waals surface area contributed by atoms with Gasteiger partial charge < -0.3 is 10.2 Å². The Kier molecular flexibility index (Phi) is 4.71. The van der Waals surface area contributed by atoms with E-state index < -0.39 is 0 Å². The summed E-state index contributed by atoms with van der Waals surface area (Å²) >= 11 is 11.1. The average molecular weight is 272 g/mol. The zero-order valence-corrected chi connectivity index (χ0v) is 12.2. The summed E-state index contributed by atoms with van der Waals surface area (Å²) in [6, 6.07) is 3.73. The van der Waals surface area contributed by atoms with Crippen LogP contribution in [-0.2, 0) is 6.54 Å². The van der Waals surface area contributed by atoms with Crippen molar-refractivity contribution in [2.75, 3.05) is 7.05 Å². The molecule has 0 spiro atoms. The van der Waals surface area contributed by atoms with Crippen molar-refractivity contribution < 1.29 is 0 Å². The van der Waals surface area contributed by atoms with Gasteiger partial charge in [-0.1, -0.05) is 17.7 Å². The molecule has 0 bridgehead atoms. The molecule has 0 aliphatic carbocycles. The minimum Gasteiger partial charge on any atom is -0.358 e. The van der Waals surface area contributed by atoms with E-state index in [4.69, 9.17) is 23.8 Å². The molecule has 17 heavy (non-hydrogen) atoms. The van der Waals surface area contributed by atoms with E-state index in [0.29, 0.717) is 11.7 Å². The molecular formula is C12H18ClN3S. The second-order valence-corrected chi connectivity index (χ2v) is 5.80. The topological polar surface area (TPSA) is 28.2 Å². The molecule has 1 N–H and O–H groups in total. The lowest BCUT2D eigenvalue weighted by Gasteiger charge is -2.28. The second kappa shape index (κ2) is 5.65. The summed E-state index contributed by atoms with van der Waals surface area (Å²) < 4.78 is 0. The number of thiocarbonyl (C=S) groups is 1. The fourth-order valence-corrected chi connectivity index (χ4v) is 1.74. The van der Waals surface area contributed by atoms with Gasteiger partial charge in [0.25, 0.3) is 0 Å². The minimum absolute atomic E-state index is 0.0242. The molecular weight excluding hydrogens is 254 g/mol. The van der Waals surface area contributed by atoms with Crippen LogP contribution >= 0.6 is 23.8 Å². The van der Waals surface area contributed by atoms with Crippen molar-refractivity contribution in [1.82, 2.24) is 15.2 Å². The third-order valence-corrected chi connectivity index (χ3v) is 2.67. The van der Waals surface area contributed by atoms with Crippen LogP contribution in [0.15, 0.2) is 18.3 Å². The van der Waals surface area contributed by atoms with Crippen molar-refractivity contribution in [2.45, 2.75) is 32.9 Å². The molecule has 0 amide bonds. The standard InChI is InChI=1S/C12H18ClN3S/c1-12(2,3)15-11(17)16(4)8-9-5-6-10(13)14-7-9/h5-7H,8H2,1-4H3,(H,15,17). The number of aromatic nitrogens is 1. The summed E-state index contributed by atoms with van der Waals surface area (Å²) in [7, 11) is 1.95. The predicted molar refractivity (Wildman–Crippen MR) is 76.2 cm³/mol. The van der Waals surface area contributed by atoms with E-state index in [-0.39, 0.29) is 5.54 Å². The smallest absolute Gasteiger partial charge is 0.169 e. The van der Waals surface area contributed by atoms with Crippen LogP contribution in [0.2, 0.25) is 5.15 Å². The predicted octanol–water partition coefficient (Wildman–Crippen LogP) is 2.84. The molecule has 3 nitrogen and oxygen atoms in total. The Bertz CT molecular complexity index is 384. The van der Waals surface area contributed by atoms with E-state index in [1.165, 1.54) is 0 Å². The van der Waals surface area contributed by atoms with Crippen molar-refractivity contribution in [3.63, 3.8) is 0 Å². The maximum Gasteiger partial charge on any atom is 0.169 e. The Morgan fingerprint density at radius 2 is 2.12 bits per heavy atom. The van der Waals surface area contributed by atoms with E-state index in [2.05, 4.69) is 31.1 Å². The highest BCUT2D eigenvalue weighted by molar-refractivity contribution is 7.80. The molecule has 0 aliphatic rings. The fourth-order valence-electron chi connectivity index (χ4n) is 1.26. The SMILES string of the molecule is CN(Cc1ccc(Cl)nc1)C(=S)NC(C)(C)C. The van der Waals surface area contributed by atoms with Crippen LogP contribution < -0.4 is 5.32 Å². The largest absolute Gasteiger partial charge is 0.358 e. The first-order valence-electron chi connectivity index (χ1n) is 5.41. The Morgan fingerprint density at radius 1 is 1.47 bits per heavy atom. The number of hydrogen-bond donors (Lipinski definition) is 1. The number of pyridine rings is 1. The molecule has 0 unspecified atom stereocenters. The lowest BCUT2D eigenvalue weighted by Crippen LogP contribution is -2.46. The molecule has 0 saturated heterocycles. The summed E-state index contributed by atoms with van der Waals surface area (Å²) in [5.41, 5.74) is 1.05. The molecule has 1 rings (SSSR count). The van der Waals surface area contributed by atoms with Gasteiger partial charge in [0.1, 0.15) is 5.15 Å². The van der Waals surface area contributed by atoms with Gasteiger partial charge in [-0.05, 0) is 44.6 Å². The maximum atomic E-state index is 5.74. The van der Waals surface area contributed by atoms with Crippen LogP contribution in [0.25, 0.3) is 0 Å². The highest BCUT2D eigenvalue weighted by atomic mass is 35.5. The summed E-state index contributed by atoms with van der Waals surface area (Å²) in [5.74, 6) is 0. The van der Waals surface area contributed by atoms with Crippen molar-refractivity contribution in [3.05, 3.63) is 29.0 Å². The first-order valence-corrected chi connectivity index (χ1v) is 6.20. The number of nitrogens with one attached hydrogen (secondary N) is 1. The van der Waals surface area contributed by atoms with Gasteiger partial charge in [0.15, 0.2) is 5.11 Å². The number of hydrogen-bond acceptors (Lipinski definition) is 2. The van der Waals surface area contributed by atoms with E-state index in [1.54, 1.807) is 12.3 Å². The number of nitrogens with zero attached hydrogens (tertiary/aromatic N) is 2. The van der Waals surface area contributed by atoms with Gasteiger partial charge in [0, 0.05) is 25.3 Å². The second-order valence-electron chi connectivity index (χ2n) is 5.03. The summed E-state index contributed by atoms with van der Waals surface area (Å²) in [5, 5.41) is 4.50. The fraction of sp³-hybridized carbons (Fsp3) is 0.500. The molecule has 0 saturated carbocycles. The van der Waals surface area contributed by atoms with E-state index >= 15 is 0 Å². The molecule has 1 aromatic rings. The molecule has 5 heteroatoms. The zero-order valence-electron chi connectivity index (χ0n) is 10.6. The molecule has 0 aromatic carbocycles. The highest BCUT2D eigenvalue weighted by Gasteiger charge is 2.13. The zero-order chi connectivity index (χ0) is 13.1. The maximum absolute atomic E-state index is 5.74. The Labute approximate surface area is 113 Å². The molecule has 94 valence electrons. The van der Waals surface area contributed by atoms with Crippen molar-refractivity contribution in [3.8, 4) is 0 Å².